The zero-order valence-corrected chi connectivity index (χ0v) is 18.3. The molecule has 3 fully saturated rings. The number of nitrogens with zero attached hydrogens (tertiary/aromatic N) is 2. The molecule has 0 radical (unpaired) electrons. The lowest BCUT2D eigenvalue weighted by atomic mass is 9.94. The van der Waals surface area contributed by atoms with E-state index in [0.717, 1.165) is 17.2 Å². The summed E-state index contributed by atoms with van der Waals surface area (Å²) in [7, 11) is -4.05. The molecule has 2 aliphatic heterocycles. The van der Waals surface area contributed by atoms with E-state index in [1.165, 1.54) is 11.7 Å². The van der Waals surface area contributed by atoms with Crippen molar-refractivity contribution in [3.63, 3.8) is 0 Å². The van der Waals surface area contributed by atoms with Gasteiger partial charge in [0.2, 0.25) is 5.43 Å². The number of hydrogen-bond donors (Lipinski definition) is 2. The highest BCUT2D eigenvalue weighted by molar-refractivity contribution is 7.81. The summed E-state index contributed by atoms with van der Waals surface area (Å²) in [6, 6.07) is -0.469. The first kappa shape index (κ1) is 17.7. The van der Waals surface area contributed by atoms with Crippen molar-refractivity contribution in [3.8, 4) is 5.75 Å². The second-order valence-corrected chi connectivity index (χ2v) is 9.24. The van der Waals surface area contributed by atoms with Crippen LogP contribution in [0, 0.1) is 11.7 Å². The van der Waals surface area contributed by atoms with Gasteiger partial charge in [-0.15, -0.1) is 0 Å². The van der Waals surface area contributed by atoms with Gasteiger partial charge in [0.15, 0.2) is 11.6 Å². The molecule has 3 heterocycles. The number of nitrogens with one attached hydrogen (secondary N) is 1. The molecule has 0 bridgehead atoms. The van der Waals surface area contributed by atoms with Gasteiger partial charge in [0, 0.05) is 34.0 Å². The highest BCUT2D eigenvalue weighted by Crippen LogP contribution is 2.45. The van der Waals surface area contributed by atoms with E-state index >= 15 is 4.39 Å². The van der Waals surface area contributed by atoms with Gasteiger partial charge in [-0.2, -0.15) is 8.42 Å². The summed E-state index contributed by atoms with van der Waals surface area (Å²) in [5, 5.41) is 2.63. The SMILES string of the molecule is [2H]C1([2H])[C@@H]2CCCN[C@@H]2C([2H])([2H])N1c1c(F)cc2c(=O)c(C(=O)OS(=O)(=O)O)cn(C3CC3)c2c1OC. The lowest BCUT2D eigenvalue weighted by Gasteiger charge is -2.25. The number of piperidine rings is 1. The molecule has 1 aromatic heterocycles. The number of carbonyl (C=O) groups excluding carboxylic acids is 1. The third-order valence-corrected chi connectivity index (χ3v) is 6.35. The van der Waals surface area contributed by atoms with E-state index in [1.54, 1.807) is 0 Å². The van der Waals surface area contributed by atoms with E-state index in [4.69, 9.17) is 14.8 Å². The zero-order valence-electron chi connectivity index (χ0n) is 21.5. The lowest BCUT2D eigenvalue weighted by molar-refractivity contribution is 0.0725. The number of rotatable bonds is 5. The summed E-state index contributed by atoms with van der Waals surface area (Å²) in [6.07, 6.45) is 3.21. The number of ether oxygens (including phenoxy) is 1. The summed E-state index contributed by atoms with van der Waals surface area (Å²) >= 11 is 0. The van der Waals surface area contributed by atoms with Gasteiger partial charge in [-0.25, -0.2) is 9.18 Å². The molecule has 12 heteroatoms. The van der Waals surface area contributed by atoms with Crippen LogP contribution < -0.4 is 20.4 Å². The summed E-state index contributed by atoms with van der Waals surface area (Å²) in [4.78, 5) is 26.2. The fourth-order valence-corrected chi connectivity index (χ4v) is 4.69. The average Bonchev–Trinajstić information content (AvgIpc) is 3.62. The highest BCUT2D eigenvalue weighted by Gasteiger charge is 2.38. The standard InChI is InChI=1S/C21H24FN3O7S/c1-31-20-17-13(7-15(22)18(20)24-8-11-3-2-6-23-16(11)10-24)19(26)14(9-25(17)12-4-5-12)21(27)32-33(28,29)30/h7,9,11-12,16,23H,2-6,8,10H2,1H3,(H,28,29,30)/t11-,16+/m0/s1/i8D2,10D2. The van der Waals surface area contributed by atoms with E-state index in [2.05, 4.69) is 9.50 Å². The molecule has 1 aliphatic carbocycles. The van der Waals surface area contributed by atoms with Crippen LogP contribution in [-0.2, 0) is 14.6 Å². The summed E-state index contributed by atoms with van der Waals surface area (Å²) in [6.45, 7) is -4.22. The molecule has 5 rings (SSSR count). The molecule has 2 atom stereocenters. The van der Waals surface area contributed by atoms with Crippen molar-refractivity contribution in [2.24, 2.45) is 5.92 Å². The first-order valence-corrected chi connectivity index (χ1v) is 11.8. The molecule has 1 saturated carbocycles. The van der Waals surface area contributed by atoms with Gasteiger partial charge in [-0.05, 0) is 44.2 Å². The van der Waals surface area contributed by atoms with Crippen molar-refractivity contribution in [3.05, 3.63) is 33.9 Å². The molecule has 0 spiro atoms. The van der Waals surface area contributed by atoms with Crippen LogP contribution in [0.1, 0.15) is 47.6 Å². The number of benzene rings is 1. The van der Waals surface area contributed by atoms with Gasteiger partial charge in [0.1, 0.15) is 11.3 Å². The number of methoxy groups -OCH3 is 1. The highest BCUT2D eigenvalue weighted by atomic mass is 32.3. The Bertz CT molecular complexity index is 1450. The molecule has 33 heavy (non-hydrogen) atoms. The minimum atomic E-state index is -5.23. The minimum absolute atomic E-state index is 0.00997. The lowest BCUT2D eigenvalue weighted by Crippen LogP contribution is -2.40. The topological polar surface area (TPSA) is 127 Å². The predicted molar refractivity (Wildman–Crippen MR) is 117 cm³/mol. The number of fused-ring (bicyclic) bond motifs is 2. The monoisotopic (exact) mass is 485 g/mol. The molecule has 0 amide bonds. The molecule has 2 aromatic rings. The van der Waals surface area contributed by atoms with Crippen LogP contribution in [0.15, 0.2) is 17.1 Å². The van der Waals surface area contributed by atoms with Gasteiger partial charge >= 0.3 is 16.4 Å². The fourth-order valence-electron chi connectivity index (χ4n) is 4.41. The number of aromatic nitrogens is 1. The number of anilines is 1. The Hall–Kier alpha value is -2.70. The Morgan fingerprint density at radius 2 is 2.09 bits per heavy atom. The molecule has 178 valence electrons. The largest absolute Gasteiger partial charge is 0.492 e. The number of halogens is 1. The normalized spacial score (nSPS) is 27.8. The first-order chi connectivity index (χ1) is 17.2. The number of pyridine rings is 1. The molecule has 2 saturated heterocycles. The number of carbonyl (C=O) groups is 1. The first-order valence-electron chi connectivity index (χ1n) is 12.4. The zero-order chi connectivity index (χ0) is 27.1. The average molecular weight is 486 g/mol. The molecule has 0 unspecified atom stereocenters. The van der Waals surface area contributed by atoms with Crippen molar-refractivity contribution in [1.82, 2.24) is 9.88 Å². The Balaban J connectivity index is 1.79. The smallest absolute Gasteiger partial charge is 0.449 e. The second-order valence-electron chi connectivity index (χ2n) is 8.22. The third kappa shape index (κ3) is 3.96. The van der Waals surface area contributed by atoms with E-state index in [9.17, 15) is 18.0 Å². The van der Waals surface area contributed by atoms with Crippen LogP contribution in [-0.4, -0.2) is 56.2 Å². The van der Waals surface area contributed by atoms with Gasteiger partial charge in [0.25, 0.3) is 0 Å². The Morgan fingerprint density at radius 1 is 1.33 bits per heavy atom. The molecule has 3 aliphatic rings. The number of hydrogen-bond acceptors (Lipinski definition) is 8. The van der Waals surface area contributed by atoms with Crippen molar-refractivity contribution >= 4 is 33.0 Å². The summed E-state index contributed by atoms with van der Waals surface area (Å²) < 4.78 is 92.7. The Morgan fingerprint density at radius 3 is 2.73 bits per heavy atom. The Labute approximate surface area is 194 Å². The van der Waals surface area contributed by atoms with Crippen LogP contribution >= 0.6 is 0 Å². The molecule has 1 aromatic carbocycles. The van der Waals surface area contributed by atoms with Crippen LogP contribution in [0.4, 0.5) is 10.1 Å². The van der Waals surface area contributed by atoms with Gasteiger partial charge in [-0.1, -0.05) is 0 Å². The van der Waals surface area contributed by atoms with E-state index < -0.39 is 63.8 Å². The van der Waals surface area contributed by atoms with E-state index in [1.807, 2.05) is 0 Å². The van der Waals surface area contributed by atoms with Crippen molar-refractivity contribution < 1.29 is 36.6 Å². The fraction of sp³-hybridized carbons (Fsp3) is 0.524. The van der Waals surface area contributed by atoms with Crippen molar-refractivity contribution in [1.29, 1.82) is 0 Å². The predicted octanol–water partition coefficient (Wildman–Crippen LogP) is 1.63. The molecular formula is C21H24FN3O7S. The van der Waals surface area contributed by atoms with Crippen LogP contribution in [0.3, 0.4) is 0 Å². The molecule has 2 N–H and O–H groups in total. The van der Waals surface area contributed by atoms with Crippen molar-refractivity contribution in [2.45, 2.75) is 37.8 Å². The third-order valence-electron chi connectivity index (χ3n) is 5.99. The van der Waals surface area contributed by atoms with Gasteiger partial charge in [-0.3, -0.25) is 9.35 Å². The van der Waals surface area contributed by atoms with Crippen LogP contribution in [0.25, 0.3) is 10.9 Å². The van der Waals surface area contributed by atoms with Crippen LogP contribution in [0.2, 0.25) is 0 Å². The van der Waals surface area contributed by atoms with E-state index in [-0.39, 0.29) is 22.7 Å². The second kappa shape index (κ2) is 7.96. The molecular weight excluding hydrogens is 457 g/mol. The Kier molecular flexibility index (Phi) is 4.28. The van der Waals surface area contributed by atoms with Gasteiger partial charge < -0.3 is 23.7 Å². The maximum atomic E-state index is 15.8. The maximum absolute atomic E-state index is 15.8. The van der Waals surface area contributed by atoms with Gasteiger partial charge in [0.05, 0.1) is 20.8 Å². The maximum Gasteiger partial charge on any atom is 0.449 e. The van der Waals surface area contributed by atoms with Crippen LogP contribution in [0.5, 0.6) is 5.75 Å². The van der Waals surface area contributed by atoms with Crippen molar-refractivity contribution in [2.75, 3.05) is 31.5 Å². The molecule has 10 nitrogen and oxygen atoms in total. The van der Waals surface area contributed by atoms with E-state index in [0.29, 0.717) is 32.2 Å². The summed E-state index contributed by atoms with van der Waals surface area (Å²) in [5.41, 5.74) is -2.40. The minimum Gasteiger partial charge on any atom is -0.492 e. The summed E-state index contributed by atoms with van der Waals surface area (Å²) in [5.74, 6) is -3.93. The quantitative estimate of drug-likeness (QED) is 0.608.